The zero-order chi connectivity index (χ0) is 11.4. The maximum absolute atomic E-state index is 9.06. The molecular weight excluding hydrogens is 208 g/mol. The molecule has 1 unspecified atom stereocenters. The van der Waals surface area contributed by atoms with Crippen LogP contribution in [0.5, 0.6) is 0 Å². The molecule has 0 radical (unpaired) electrons. The van der Waals surface area contributed by atoms with E-state index in [0.29, 0.717) is 5.92 Å². The van der Waals surface area contributed by atoms with Crippen LogP contribution in [0, 0.1) is 40.9 Å². The number of hydrogen-bond acceptors (Lipinski definition) is 2. The number of nitriles is 1. The van der Waals surface area contributed by atoms with Crippen LogP contribution in [0.3, 0.4) is 0 Å². The fourth-order valence-corrected chi connectivity index (χ4v) is 5.66. The highest BCUT2D eigenvalue weighted by Gasteiger charge is 2.50. The van der Waals surface area contributed by atoms with Crippen LogP contribution in [0.2, 0.25) is 0 Å². The van der Waals surface area contributed by atoms with Crippen LogP contribution < -0.4 is 0 Å². The minimum Gasteiger partial charge on any atom is -0.298 e. The van der Waals surface area contributed by atoms with Crippen LogP contribution in [0.4, 0.5) is 0 Å². The molecule has 2 nitrogen and oxygen atoms in total. The van der Waals surface area contributed by atoms with Gasteiger partial charge in [-0.25, -0.2) is 0 Å². The molecule has 0 N–H and O–H groups in total. The molecule has 2 heteroatoms. The summed E-state index contributed by atoms with van der Waals surface area (Å²) in [4.78, 5) is 2.70. The second kappa shape index (κ2) is 3.72. The zero-order valence-electron chi connectivity index (χ0n) is 10.5. The highest BCUT2D eigenvalue weighted by Crippen LogP contribution is 2.55. The highest BCUT2D eigenvalue weighted by molar-refractivity contribution is 5.04. The summed E-state index contributed by atoms with van der Waals surface area (Å²) >= 11 is 0. The molecule has 1 aliphatic heterocycles. The quantitative estimate of drug-likeness (QED) is 0.692. The van der Waals surface area contributed by atoms with E-state index in [9.17, 15) is 0 Å². The Bertz CT molecular complexity index is 328. The molecule has 4 saturated carbocycles. The van der Waals surface area contributed by atoms with Gasteiger partial charge in [-0.1, -0.05) is 0 Å². The first-order valence-electron chi connectivity index (χ1n) is 7.47. The van der Waals surface area contributed by atoms with Crippen LogP contribution in [0.1, 0.15) is 38.5 Å². The minimum absolute atomic E-state index is 0.326. The van der Waals surface area contributed by atoms with Crippen molar-refractivity contribution in [3.63, 3.8) is 0 Å². The van der Waals surface area contributed by atoms with E-state index in [-0.39, 0.29) is 0 Å². The molecule has 1 saturated heterocycles. The summed E-state index contributed by atoms with van der Waals surface area (Å²) in [6.07, 6.45) is 8.69. The molecule has 17 heavy (non-hydrogen) atoms. The third-order valence-electron chi connectivity index (χ3n) is 6.00. The summed E-state index contributed by atoms with van der Waals surface area (Å²) in [5.74, 6) is 4.45. The predicted octanol–water partition coefficient (Wildman–Crippen LogP) is 2.66. The third kappa shape index (κ3) is 1.55. The monoisotopic (exact) mass is 230 g/mol. The maximum atomic E-state index is 9.06. The van der Waals surface area contributed by atoms with Gasteiger partial charge in [-0.15, -0.1) is 0 Å². The van der Waals surface area contributed by atoms with Crippen molar-refractivity contribution < 1.29 is 0 Å². The van der Waals surface area contributed by atoms with Crippen molar-refractivity contribution in [3.8, 4) is 6.07 Å². The Morgan fingerprint density at radius 2 is 1.59 bits per heavy atom. The van der Waals surface area contributed by atoms with Crippen molar-refractivity contribution in [2.75, 3.05) is 13.1 Å². The van der Waals surface area contributed by atoms with E-state index >= 15 is 0 Å². The Labute approximate surface area is 104 Å². The summed E-state index contributed by atoms with van der Waals surface area (Å²) in [5.41, 5.74) is 0. The number of hydrogen-bond donors (Lipinski definition) is 0. The molecule has 0 spiro atoms. The van der Waals surface area contributed by atoms with E-state index in [1.54, 1.807) is 6.42 Å². The van der Waals surface area contributed by atoms with Gasteiger partial charge in [-0.3, -0.25) is 4.90 Å². The molecule has 5 aliphatic rings. The first kappa shape index (κ1) is 10.4. The van der Waals surface area contributed by atoms with E-state index in [1.165, 1.54) is 32.2 Å². The van der Waals surface area contributed by atoms with E-state index in [4.69, 9.17) is 5.26 Å². The van der Waals surface area contributed by atoms with Crippen molar-refractivity contribution in [1.29, 1.82) is 5.26 Å². The minimum atomic E-state index is 0.326. The Hall–Kier alpha value is -0.550. The molecule has 5 fully saturated rings. The van der Waals surface area contributed by atoms with Gasteiger partial charge < -0.3 is 0 Å². The van der Waals surface area contributed by atoms with Gasteiger partial charge >= 0.3 is 0 Å². The second-order valence-electron chi connectivity index (χ2n) is 7.03. The van der Waals surface area contributed by atoms with Gasteiger partial charge in [0.1, 0.15) is 0 Å². The smallest absolute Gasteiger partial charge is 0.0669 e. The Morgan fingerprint density at radius 3 is 2.12 bits per heavy atom. The average Bonchev–Trinajstić information content (AvgIpc) is 2.76. The summed E-state index contributed by atoms with van der Waals surface area (Å²) in [6.45, 7) is 2.27. The van der Waals surface area contributed by atoms with E-state index in [1.807, 2.05) is 0 Å². The van der Waals surface area contributed by atoms with Gasteiger partial charge in [0, 0.05) is 12.6 Å². The largest absolute Gasteiger partial charge is 0.298 e. The van der Waals surface area contributed by atoms with Crippen LogP contribution >= 0.6 is 0 Å². The molecule has 92 valence electrons. The van der Waals surface area contributed by atoms with Gasteiger partial charge in [-0.05, 0) is 68.7 Å². The zero-order valence-corrected chi connectivity index (χ0v) is 10.5. The lowest BCUT2D eigenvalue weighted by Crippen LogP contribution is -2.55. The fourth-order valence-electron chi connectivity index (χ4n) is 5.66. The standard InChI is InChI=1S/C15H22N2/c16-8-10-1-2-17(9-10)15-13-4-11-3-12(6-13)7-14(15)5-11/h10-15H,1-7,9H2. The Kier molecular flexibility index (Phi) is 2.27. The summed E-state index contributed by atoms with van der Waals surface area (Å²) in [7, 11) is 0. The first-order valence-corrected chi connectivity index (χ1v) is 7.47. The number of likely N-dealkylation sites (tertiary alicyclic amines) is 1. The molecule has 1 heterocycles. The third-order valence-corrected chi connectivity index (χ3v) is 6.00. The highest BCUT2D eigenvalue weighted by atomic mass is 15.2. The molecule has 0 aromatic carbocycles. The normalized spacial score (nSPS) is 52.9. The molecule has 0 amide bonds. The lowest BCUT2D eigenvalue weighted by Gasteiger charge is -2.56. The molecule has 0 aromatic heterocycles. The summed E-state index contributed by atoms with van der Waals surface area (Å²) in [6, 6.07) is 3.34. The lowest BCUT2D eigenvalue weighted by molar-refractivity contribution is -0.0588. The molecule has 5 rings (SSSR count). The van der Waals surface area contributed by atoms with Crippen molar-refractivity contribution in [2.45, 2.75) is 44.6 Å². The fraction of sp³-hybridized carbons (Fsp3) is 0.933. The van der Waals surface area contributed by atoms with Gasteiger partial charge in [-0.2, -0.15) is 5.26 Å². The Morgan fingerprint density at radius 1 is 0.941 bits per heavy atom. The van der Waals surface area contributed by atoms with Crippen molar-refractivity contribution in [2.24, 2.45) is 29.6 Å². The maximum Gasteiger partial charge on any atom is 0.0669 e. The average molecular weight is 230 g/mol. The molecule has 0 aromatic rings. The van der Waals surface area contributed by atoms with E-state index < -0.39 is 0 Å². The van der Waals surface area contributed by atoms with Gasteiger partial charge in [0.25, 0.3) is 0 Å². The van der Waals surface area contributed by atoms with Crippen LogP contribution in [-0.2, 0) is 0 Å². The van der Waals surface area contributed by atoms with Gasteiger partial charge in [0.15, 0.2) is 0 Å². The van der Waals surface area contributed by atoms with Gasteiger partial charge in [0.05, 0.1) is 12.0 Å². The topological polar surface area (TPSA) is 27.0 Å². The van der Waals surface area contributed by atoms with E-state index in [2.05, 4.69) is 11.0 Å². The first-order chi connectivity index (χ1) is 8.33. The summed E-state index contributed by atoms with van der Waals surface area (Å²) in [5, 5.41) is 9.06. The lowest BCUT2D eigenvalue weighted by atomic mass is 9.54. The SMILES string of the molecule is N#CC1CCN(C2C3CC4CC(C3)CC2C4)C1. The molecular formula is C15H22N2. The Balaban J connectivity index is 1.53. The molecule has 1 atom stereocenters. The predicted molar refractivity (Wildman–Crippen MR) is 66.1 cm³/mol. The molecule has 4 bridgehead atoms. The number of rotatable bonds is 1. The van der Waals surface area contributed by atoms with Crippen molar-refractivity contribution in [1.82, 2.24) is 4.90 Å². The van der Waals surface area contributed by atoms with Crippen LogP contribution in [0.15, 0.2) is 0 Å². The van der Waals surface area contributed by atoms with Crippen LogP contribution in [0.25, 0.3) is 0 Å². The van der Waals surface area contributed by atoms with Crippen molar-refractivity contribution in [3.05, 3.63) is 0 Å². The van der Waals surface area contributed by atoms with E-state index in [0.717, 1.165) is 42.7 Å². The van der Waals surface area contributed by atoms with Crippen LogP contribution in [-0.4, -0.2) is 24.0 Å². The van der Waals surface area contributed by atoms with Gasteiger partial charge in [0.2, 0.25) is 0 Å². The molecule has 4 aliphatic carbocycles. The summed E-state index contributed by atoms with van der Waals surface area (Å²) < 4.78 is 0. The number of nitrogens with zero attached hydrogens (tertiary/aromatic N) is 2. The van der Waals surface area contributed by atoms with Crippen molar-refractivity contribution >= 4 is 0 Å². The second-order valence-corrected chi connectivity index (χ2v) is 7.03.